The van der Waals surface area contributed by atoms with Crippen molar-refractivity contribution in [1.29, 1.82) is 0 Å². The third kappa shape index (κ3) is 3.83. The van der Waals surface area contributed by atoms with Crippen LogP contribution in [0.25, 0.3) is 0 Å². The number of hydrogen-bond acceptors (Lipinski definition) is 2. The van der Waals surface area contributed by atoms with Crippen molar-refractivity contribution in [3.8, 4) is 0 Å². The molecule has 0 aliphatic heterocycles. The molecule has 0 aliphatic carbocycles. The van der Waals surface area contributed by atoms with Crippen molar-refractivity contribution < 1.29 is 9.90 Å². The Morgan fingerprint density at radius 2 is 2.19 bits per heavy atom. The quantitative estimate of drug-likeness (QED) is 0.831. The molecule has 1 aromatic carbocycles. The van der Waals surface area contributed by atoms with Gasteiger partial charge in [-0.1, -0.05) is 29.8 Å². The minimum absolute atomic E-state index is 0.0356. The molecule has 0 bridgehead atoms. The van der Waals surface area contributed by atoms with E-state index in [0.29, 0.717) is 17.9 Å². The highest BCUT2D eigenvalue weighted by Gasteiger charge is 2.11. The average Bonchev–Trinajstić information content (AvgIpc) is 2.26. The summed E-state index contributed by atoms with van der Waals surface area (Å²) >= 11 is 6.02. The number of amides is 1. The van der Waals surface area contributed by atoms with Gasteiger partial charge in [-0.15, -0.1) is 0 Å². The summed E-state index contributed by atoms with van der Waals surface area (Å²) in [5.74, 6) is -0.0681. The van der Waals surface area contributed by atoms with Crippen molar-refractivity contribution in [3.05, 3.63) is 34.9 Å². The Kier molecular flexibility index (Phi) is 5.29. The van der Waals surface area contributed by atoms with Crippen molar-refractivity contribution in [3.63, 3.8) is 0 Å². The van der Waals surface area contributed by atoms with Crippen LogP contribution in [0.3, 0.4) is 0 Å². The summed E-state index contributed by atoms with van der Waals surface area (Å²) in [6, 6.07) is 7.32. The Balaban J connectivity index is 2.55. The average molecular weight is 242 g/mol. The molecule has 0 heterocycles. The van der Waals surface area contributed by atoms with Crippen LogP contribution in [-0.4, -0.2) is 17.6 Å². The van der Waals surface area contributed by atoms with Gasteiger partial charge in [0.05, 0.1) is 6.04 Å². The van der Waals surface area contributed by atoms with Crippen LogP contribution >= 0.6 is 11.6 Å². The number of halogens is 1. The van der Waals surface area contributed by atoms with Crippen LogP contribution in [0.2, 0.25) is 5.02 Å². The number of carbonyl (C=O) groups excluding carboxylic acids is 1. The SMILES string of the molecule is C[C@H](NC(=O)CCCO)c1ccccc1Cl. The summed E-state index contributed by atoms with van der Waals surface area (Å²) in [5.41, 5.74) is 0.904. The molecule has 2 N–H and O–H groups in total. The van der Waals surface area contributed by atoms with Crippen molar-refractivity contribution in [2.45, 2.75) is 25.8 Å². The van der Waals surface area contributed by atoms with Gasteiger partial charge in [0.2, 0.25) is 5.91 Å². The molecule has 0 saturated carbocycles. The van der Waals surface area contributed by atoms with Gasteiger partial charge < -0.3 is 10.4 Å². The fourth-order valence-corrected chi connectivity index (χ4v) is 1.76. The van der Waals surface area contributed by atoms with Gasteiger partial charge in [-0.25, -0.2) is 0 Å². The molecule has 1 atom stereocenters. The van der Waals surface area contributed by atoms with E-state index in [1.807, 2.05) is 25.1 Å². The number of aliphatic hydroxyl groups is 1. The van der Waals surface area contributed by atoms with Crippen molar-refractivity contribution in [2.24, 2.45) is 0 Å². The summed E-state index contributed by atoms with van der Waals surface area (Å²) in [7, 11) is 0. The summed E-state index contributed by atoms with van der Waals surface area (Å²) < 4.78 is 0. The zero-order valence-corrected chi connectivity index (χ0v) is 10.00. The minimum Gasteiger partial charge on any atom is -0.396 e. The van der Waals surface area contributed by atoms with Crippen LogP contribution in [0, 0.1) is 0 Å². The Hall–Kier alpha value is -1.06. The van der Waals surface area contributed by atoms with E-state index in [0.717, 1.165) is 5.56 Å². The molecule has 1 rings (SSSR count). The normalized spacial score (nSPS) is 12.2. The first-order valence-corrected chi connectivity index (χ1v) is 5.67. The smallest absolute Gasteiger partial charge is 0.220 e. The maximum absolute atomic E-state index is 11.4. The lowest BCUT2D eigenvalue weighted by atomic mass is 10.1. The van der Waals surface area contributed by atoms with Gasteiger partial charge in [0.15, 0.2) is 0 Å². The monoisotopic (exact) mass is 241 g/mol. The molecule has 0 aromatic heterocycles. The maximum Gasteiger partial charge on any atom is 0.220 e. The highest BCUT2D eigenvalue weighted by atomic mass is 35.5. The number of carbonyl (C=O) groups is 1. The lowest BCUT2D eigenvalue weighted by Gasteiger charge is -2.15. The standard InChI is InChI=1S/C12H16ClNO2/c1-9(14-12(16)7-4-8-15)10-5-2-3-6-11(10)13/h2-3,5-6,9,15H,4,7-8H2,1H3,(H,14,16)/t9-/m0/s1. The van der Waals surface area contributed by atoms with E-state index >= 15 is 0 Å². The number of aliphatic hydroxyl groups excluding tert-OH is 1. The zero-order chi connectivity index (χ0) is 12.0. The van der Waals surface area contributed by atoms with Crippen LogP contribution in [0.15, 0.2) is 24.3 Å². The van der Waals surface area contributed by atoms with Crippen LogP contribution in [-0.2, 0) is 4.79 Å². The molecule has 1 aromatic rings. The fraction of sp³-hybridized carbons (Fsp3) is 0.417. The molecule has 4 heteroatoms. The molecule has 0 radical (unpaired) electrons. The first-order chi connectivity index (χ1) is 7.65. The summed E-state index contributed by atoms with van der Waals surface area (Å²) in [5, 5.41) is 12.1. The van der Waals surface area contributed by atoms with Gasteiger partial charge in [0.1, 0.15) is 0 Å². The minimum atomic E-state index is -0.111. The van der Waals surface area contributed by atoms with Crippen LogP contribution in [0.4, 0.5) is 0 Å². The molecule has 16 heavy (non-hydrogen) atoms. The Morgan fingerprint density at radius 1 is 1.50 bits per heavy atom. The summed E-state index contributed by atoms with van der Waals surface area (Å²) in [6.07, 6.45) is 0.826. The van der Waals surface area contributed by atoms with E-state index in [2.05, 4.69) is 5.32 Å². The third-order valence-electron chi connectivity index (χ3n) is 2.31. The molecule has 1 amide bonds. The lowest BCUT2D eigenvalue weighted by molar-refractivity contribution is -0.122. The molecular weight excluding hydrogens is 226 g/mol. The number of nitrogens with one attached hydrogen (secondary N) is 1. The van der Waals surface area contributed by atoms with E-state index in [9.17, 15) is 4.79 Å². The number of benzene rings is 1. The molecule has 0 saturated heterocycles. The van der Waals surface area contributed by atoms with Crippen molar-refractivity contribution in [2.75, 3.05) is 6.61 Å². The maximum atomic E-state index is 11.4. The third-order valence-corrected chi connectivity index (χ3v) is 2.66. The first-order valence-electron chi connectivity index (χ1n) is 5.29. The van der Waals surface area contributed by atoms with E-state index in [-0.39, 0.29) is 18.6 Å². The van der Waals surface area contributed by atoms with E-state index in [4.69, 9.17) is 16.7 Å². The van der Waals surface area contributed by atoms with Gasteiger partial charge in [-0.3, -0.25) is 4.79 Å². The predicted octanol–water partition coefficient (Wildman–Crippen LogP) is 2.29. The molecule has 0 aliphatic rings. The Labute approximate surface area is 100 Å². The second kappa shape index (κ2) is 6.51. The first kappa shape index (κ1) is 13.0. The highest BCUT2D eigenvalue weighted by Crippen LogP contribution is 2.22. The van der Waals surface area contributed by atoms with Gasteiger partial charge in [0.25, 0.3) is 0 Å². The molecule has 0 fully saturated rings. The second-order valence-electron chi connectivity index (χ2n) is 3.64. The highest BCUT2D eigenvalue weighted by molar-refractivity contribution is 6.31. The van der Waals surface area contributed by atoms with Crippen molar-refractivity contribution >= 4 is 17.5 Å². The van der Waals surface area contributed by atoms with E-state index < -0.39 is 0 Å². The van der Waals surface area contributed by atoms with Gasteiger partial charge in [-0.05, 0) is 25.0 Å². The Bertz CT molecular complexity index is 355. The second-order valence-corrected chi connectivity index (χ2v) is 4.05. The van der Waals surface area contributed by atoms with Crippen LogP contribution in [0.5, 0.6) is 0 Å². The van der Waals surface area contributed by atoms with Crippen LogP contribution < -0.4 is 5.32 Å². The summed E-state index contributed by atoms with van der Waals surface area (Å²) in [6.45, 7) is 1.92. The van der Waals surface area contributed by atoms with Crippen LogP contribution in [0.1, 0.15) is 31.4 Å². The fourth-order valence-electron chi connectivity index (χ4n) is 1.46. The lowest BCUT2D eigenvalue weighted by Crippen LogP contribution is -2.26. The number of rotatable bonds is 5. The summed E-state index contributed by atoms with van der Waals surface area (Å²) in [4.78, 5) is 11.4. The molecule has 0 unspecified atom stereocenters. The van der Waals surface area contributed by atoms with Gasteiger partial charge in [0, 0.05) is 18.1 Å². The Morgan fingerprint density at radius 3 is 2.81 bits per heavy atom. The molecule has 3 nitrogen and oxygen atoms in total. The van der Waals surface area contributed by atoms with Crippen molar-refractivity contribution in [1.82, 2.24) is 5.32 Å². The molecular formula is C12H16ClNO2. The van der Waals surface area contributed by atoms with Gasteiger partial charge in [-0.2, -0.15) is 0 Å². The molecule has 88 valence electrons. The molecule has 0 spiro atoms. The topological polar surface area (TPSA) is 49.3 Å². The zero-order valence-electron chi connectivity index (χ0n) is 9.24. The number of hydrogen-bond donors (Lipinski definition) is 2. The van der Waals surface area contributed by atoms with E-state index in [1.54, 1.807) is 6.07 Å². The predicted molar refractivity (Wildman–Crippen MR) is 64.3 cm³/mol. The largest absolute Gasteiger partial charge is 0.396 e. The van der Waals surface area contributed by atoms with Gasteiger partial charge >= 0.3 is 0 Å². The van der Waals surface area contributed by atoms with E-state index in [1.165, 1.54) is 0 Å².